The van der Waals surface area contributed by atoms with Crippen molar-refractivity contribution in [3.63, 3.8) is 0 Å². The molecule has 0 atom stereocenters. The molecule has 0 aliphatic heterocycles. The first kappa shape index (κ1) is 12.7. The number of nitrogens with zero attached hydrogens (tertiary/aromatic N) is 2. The number of rotatable bonds is 2. The van der Waals surface area contributed by atoms with Gasteiger partial charge in [0, 0.05) is 11.3 Å². The first-order chi connectivity index (χ1) is 9.66. The molecule has 3 aromatic rings. The Bertz CT molecular complexity index is 739. The third-order valence-electron chi connectivity index (χ3n) is 3.60. The van der Waals surface area contributed by atoms with Crippen molar-refractivity contribution in [2.45, 2.75) is 20.8 Å². The van der Waals surface area contributed by atoms with E-state index in [0.29, 0.717) is 0 Å². The molecule has 0 fully saturated rings. The van der Waals surface area contributed by atoms with E-state index in [1.807, 2.05) is 10.7 Å². The van der Waals surface area contributed by atoms with Crippen LogP contribution in [0.5, 0.6) is 0 Å². The van der Waals surface area contributed by atoms with Gasteiger partial charge in [0.2, 0.25) is 0 Å². The molecule has 2 aromatic carbocycles. The Morgan fingerprint density at radius 3 is 2.30 bits per heavy atom. The summed E-state index contributed by atoms with van der Waals surface area (Å²) in [5.41, 5.74) is 7.06. The van der Waals surface area contributed by atoms with Crippen LogP contribution in [0.2, 0.25) is 0 Å². The number of hydrogen-bond donors (Lipinski definition) is 0. The summed E-state index contributed by atoms with van der Waals surface area (Å²) in [6, 6.07) is 18.9. The fraction of sp³-hybridized carbons (Fsp3) is 0.167. The van der Waals surface area contributed by atoms with Crippen LogP contribution < -0.4 is 0 Å². The maximum Gasteiger partial charge on any atom is 0.0679 e. The summed E-state index contributed by atoms with van der Waals surface area (Å²) in [5, 5.41) is 4.71. The molecule has 20 heavy (non-hydrogen) atoms. The molecule has 2 heteroatoms. The molecular formula is C18H18N2. The van der Waals surface area contributed by atoms with Gasteiger partial charge in [0.15, 0.2) is 0 Å². The largest absolute Gasteiger partial charge is 0.237 e. The zero-order valence-corrected chi connectivity index (χ0v) is 12.1. The smallest absolute Gasteiger partial charge is 0.0679 e. The van der Waals surface area contributed by atoms with Crippen LogP contribution in [0.1, 0.15) is 17.0 Å². The van der Waals surface area contributed by atoms with Crippen molar-refractivity contribution in [2.24, 2.45) is 0 Å². The molecule has 0 saturated heterocycles. The van der Waals surface area contributed by atoms with E-state index in [1.54, 1.807) is 0 Å². The average Bonchev–Trinajstić information content (AvgIpc) is 2.75. The van der Waals surface area contributed by atoms with Crippen molar-refractivity contribution in [1.29, 1.82) is 0 Å². The normalized spacial score (nSPS) is 10.8. The Morgan fingerprint density at radius 2 is 1.60 bits per heavy atom. The number of benzene rings is 2. The topological polar surface area (TPSA) is 17.8 Å². The van der Waals surface area contributed by atoms with Gasteiger partial charge in [-0.1, -0.05) is 42.5 Å². The SMILES string of the molecule is Cc1cccc(-n2nc(C)c(-c3ccccc3)c2C)c1. The van der Waals surface area contributed by atoms with E-state index in [-0.39, 0.29) is 0 Å². The average molecular weight is 262 g/mol. The Morgan fingerprint density at radius 1 is 0.850 bits per heavy atom. The highest BCUT2D eigenvalue weighted by molar-refractivity contribution is 5.69. The molecule has 0 unspecified atom stereocenters. The van der Waals surface area contributed by atoms with Gasteiger partial charge in [-0.3, -0.25) is 0 Å². The van der Waals surface area contributed by atoms with Gasteiger partial charge in [-0.25, -0.2) is 4.68 Å². The van der Waals surface area contributed by atoms with Crippen LogP contribution >= 0.6 is 0 Å². The van der Waals surface area contributed by atoms with Crippen molar-refractivity contribution >= 4 is 0 Å². The Hall–Kier alpha value is -2.35. The molecule has 0 bridgehead atoms. The van der Waals surface area contributed by atoms with Gasteiger partial charge < -0.3 is 0 Å². The minimum atomic E-state index is 1.07. The zero-order chi connectivity index (χ0) is 14.1. The van der Waals surface area contributed by atoms with Crippen molar-refractivity contribution in [3.8, 4) is 16.8 Å². The summed E-state index contributed by atoms with van der Waals surface area (Å²) in [6.45, 7) is 6.31. The summed E-state index contributed by atoms with van der Waals surface area (Å²) < 4.78 is 2.03. The van der Waals surface area contributed by atoms with E-state index in [2.05, 4.69) is 69.3 Å². The maximum absolute atomic E-state index is 4.71. The molecule has 0 aliphatic rings. The maximum atomic E-state index is 4.71. The standard InChI is InChI=1S/C18H18N2/c1-13-8-7-11-17(12-13)20-15(3)18(14(2)19-20)16-9-5-4-6-10-16/h4-12H,1-3H3. The summed E-state index contributed by atoms with van der Waals surface area (Å²) in [4.78, 5) is 0. The first-order valence-electron chi connectivity index (χ1n) is 6.85. The van der Waals surface area contributed by atoms with E-state index in [4.69, 9.17) is 5.10 Å². The molecule has 0 spiro atoms. The van der Waals surface area contributed by atoms with Gasteiger partial charge in [0.05, 0.1) is 11.4 Å². The van der Waals surface area contributed by atoms with E-state index < -0.39 is 0 Å². The predicted molar refractivity (Wildman–Crippen MR) is 83.2 cm³/mol. The van der Waals surface area contributed by atoms with Crippen molar-refractivity contribution in [3.05, 3.63) is 71.5 Å². The monoisotopic (exact) mass is 262 g/mol. The summed E-state index contributed by atoms with van der Waals surface area (Å²) in [6.07, 6.45) is 0. The van der Waals surface area contributed by atoms with Gasteiger partial charge in [0.25, 0.3) is 0 Å². The Labute approximate surface area is 119 Å². The lowest BCUT2D eigenvalue weighted by molar-refractivity contribution is 0.833. The fourth-order valence-corrected chi connectivity index (χ4v) is 2.68. The molecule has 1 aromatic heterocycles. The van der Waals surface area contributed by atoms with Gasteiger partial charge >= 0.3 is 0 Å². The van der Waals surface area contributed by atoms with Gasteiger partial charge in [-0.2, -0.15) is 5.10 Å². The van der Waals surface area contributed by atoms with Crippen molar-refractivity contribution in [1.82, 2.24) is 9.78 Å². The fourth-order valence-electron chi connectivity index (χ4n) is 2.68. The molecule has 3 rings (SSSR count). The highest BCUT2D eigenvalue weighted by Gasteiger charge is 2.14. The van der Waals surface area contributed by atoms with E-state index in [1.165, 1.54) is 22.4 Å². The molecule has 0 saturated carbocycles. The molecular weight excluding hydrogens is 244 g/mol. The molecule has 0 amide bonds. The molecule has 1 heterocycles. The lowest BCUT2D eigenvalue weighted by Crippen LogP contribution is -1.99. The molecule has 0 N–H and O–H groups in total. The van der Waals surface area contributed by atoms with Crippen LogP contribution in [-0.4, -0.2) is 9.78 Å². The number of hydrogen-bond acceptors (Lipinski definition) is 1. The number of aromatic nitrogens is 2. The lowest BCUT2D eigenvalue weighted by atomic mass is 10.0. The van der Waals surface area contributed by atoms with Gasteiger partial charge in [0.1, 0.15) is 0 Å². The lowest BCUT2D eigenvalue weighted by Gasteiger charge is -2.06. The van der Waals surface area contributed by atoms with Gasteiger partial charge in [-0.05, 0) is 44.0 Å². The quantitative estimate of drug-likeness (QED) is 0.666. The minimum absolute atomic E-state index is 1.07. The molecule has 2 nitrogen and oxygen atoms in total. The van der Waals surface area contributed by atoms with E-state index >= 15 is 0 Å². The summed E-state index contributed by atoms with van der Waals surface area (Å²) in [5.74, 6) is 0. The van der Waals surface area contributed by atoms with E-state index in [9.17, 15) is 0 Å². The Balaban J connectivity index is 2.17. The molecule has 0 aliphatic carbocycles. The first-order valence-corrected chi connectivity index (χ1v) is 6.85. The van der Waals surface area contributed by atoms with Crippen molar-refractivity contribution in [2.75, 3.05) is 0 Å². The number of aryl methyl sites for hydroxylation is 2. The van der Waals surface area contributed by atoms with Crippen molar-refractivity contribution < 1.29 is 0 Å². The zero-order valence-electron chi connectivity index (χ0n) is 12.1. The molecule has 0 radical (unpaired) electrons. The minimum Gasteiger partial charge on any atom is -0.237 e. The van der Waals surface area contributed by atoms with Crippen LogP contribution in [0.15, 0.2) is 54.6 Å². The van der Waals surface area contributed by atoms with Crippen LogP contribution in [0.3, 0.4) is 0 Å². The highest BCUT2D eigenvalue weighted by atomic mass is 15.3. The van der Waals surface area contributed by atoms with Crippen LogP contribution in [0.4, 0.5) is 0 Å². The van der Waals surface area contributed by atoms with Crippen LogP contribution in [0, 0.1) is 20.8 Å². The molecule has 100 valence electrons. The predicted octanol–water partition coefficient (Wildman–Crippen LogP) is 4.46. The van der Waals surface area contributed by atoms with Crippen LogP contribution in [0.25, 0.3) is 16.8 Å². The Kier molecular flexibility index (Phi) is 3.15. The third-order valence-corrected chi connectivity index (χ3v) is 3.60. The second-order valence-electron chi connectivity index (χ2n) is 5.16. The second kappa shape index (κ2) is 4.97. The summed E-state index contributed by atoms with van der Waals surface area (Å²) in [7, 11) is 0. The highest BCUT2D eigenvalue weighted by Crippen LogP contribution is 2.28. The summed E-state index contributed by atoms with van der Waals surface area (Å²) >= 11 is 0. The van der Waals surface area contributed by atoms with E-state index in [0.717, 1.165) is 11.4 Å². The van der Waals surface area contributed by atoms with Crippen LogP contribution in [-0.2, 0) is 0 Å². The third kappa shape index (κ3) is 2.14. The second-order valence-corrected chi connectivity index (χ2v) is 5.16. The van der Waals surface area contributed by atoms with Gasteiger partial charge in [-0.15, -0.1) is 0 Å².